The first-order valence-electron chi connectivity index (χ1n) is 7.44. The highest BCUT2D eigenvalue weighted by atomic mass is 16.5. The molecule has 21 heavy (non-hydrogen) atoms. The molecular weight excluding hydrogens is 262 g/mol. The number of aromatic hydroxyl groups is 1. The van der Waals surface area contributed by atoms with E-state index in [1.54, 1.807) is 6.07 Å². The van der Waals surface area contributed by atoms with Gasteiger partial charge in [-0.25, -0.2) is 0 Å². The van der Waals surface area contributed by atoms with Crippen molar-refractivity contribution < 1.29 is 9.84 Å². The van der Waals surface area contributed by atoms with Gasteiger partial charge in [0, 0.05) is 12.0 Å². The molecule has 3 nitrogen and oxygen atoms in total. The Balaban J connectivity index is 1.78. The Kier molecular flexibility index (Phi) is 3.84. The fraction of sp³-hybridized carbons (Fsp3) is 0.333. The molecule has 1 aliphatic rings. The van der Waals surface area contributed by atoms with Crippen LogP contribution in [0.3, 0.4) is 0 Å². The molecule has 0 radical (unpaired) electrons. The molecule has 2 aromatic carbocycles. The number of phenols is 1. The molecule has 0 atom stereocenters. The Morgan fingerprint density at radius 3 is 2.48 bits per heavy atom. The first-order valence-corrected chi connectivity index (χ1v) is 7.44. The molecule has 3 N–H and O–H groups in total. The average molecular weight is 283 g/mol. The molecule has 2 aromatic rings. The van der Waals surface area contributed by atoms with Crippen molar-refractivity contribution in [3.8, 4) is 11.5 Å². The molecule has 3 heteroatoms. The normalized spacial score (nSPS) is 16.2. The van der Waals surface area contributed by atoms with E-state index >= 15 is 0 Å². The Morgan fingerprint density at radius 2 is 1.86 bits per heavy atom. The van der Waals surface area contributed by atoms with Crippen molar-refractivity contribution in [2.24, 2.45) is 5.73 Å². The topological polar surface area (TPSA) is 55.5 Å². The van der Waals surface area contributed by atoms with E-state index in [0.29, 0.717) is 18.9 Å². The zero-order valence-electron chi connectivity index (χ0n) is 12.1. The number of hydrogen-bond donors (Lipinski definition) is 2. The molecule has 1 saturated carbocycles. The minimum atomic E-state index is 0.0819. The number of nitrogens with two attached hydrogens (primary N) is 1. The smallest absolute Gasteiger partial charge is 0.161 e. The molecule has 0 aliphatic heterocycles. The Morgan fingerprint density at radius 1 is 1.10 bits per heavy atom. The monoisotopic (exact) mass is 283 g/mol. The third kappa shape index (κ3) is 2.74. The van der Waals surface area contributed by atoms with E-state index in [2.05, 4.69) is 0 Å². The second-order valence-electron chi connectivity index (χ2n) is 5.79. The van der Waals surface area contributed by atoms with Crippen molar-refractivity contribution in [2.75, 3.05) is 6.54 Å². The predicted octanol–water partition coefficient (Wildman–Crippen LogP) is 3.35. The van der Waals surface area contributed by atoms with Gasteiger partial charge in [0.05, 0.1) is 0 Å². The lowest BCUT2D eigenvalue weighted by Crippen LogP contribution is -2.41. The molecule has 110 valence electrons. The molecule has 1 fully saturated rings. The van der Waals surface area contributed by atoms with Gasteiger partial charge < -0.3 is 15.6 Å². The van der Waals surface area contributed by atoms with Gasteiger partial charge in [-0.2, -0.15) is 0 Å². The van der Waals surface area contributed by atoms with Crippen LogP contribution in [0.2, 0.25) is 0 Å². The van der Waals surface area contributed by atoms with Crippen molar-refractivity contribution in [1.29, 1.82) is 0 Å². The summed E-state index contributed by atoms with van der Waals surface area (Å²) in [6.07, 6.45) is 3.46. The summed E-state index contributed by atoms with van der Waals surface area (Å²) in [5, 5.41) is 9.99. The van der Waals surface area contributed by atoms with Crippen LogP contribution in [0.4, 0.5) is 0 Å². The molecule has 0 amide bonds. The van der Waals surface area contributed by atoms with Crippen LogP contribution < -0.4 is 10.5 Å². The van der Waals surface area contributed by atoms with Gasteiger partial charge in [0.15, 0.2) is 11.5 Å². The van der Waals surface area contributed by atoms with Gasteiger partial charge in [0.1, 0.15) is 6.61 Å². The molecule has 0 saturated heterocycles. The molecule has 1 aliphatic carbocycles. The third-order valence-corrected chi connectivity index (χ3v) is 4.51. The molecular formula is C18H21NO2. The average Bonchev–Trinajstić information content (AvgIpc) is 2.48. The fourth-order valence-corrected chi connectivity index (χ4v) is 2.91. The van der Waals surface area contributed by atoms with Gasteiger partial charge in [-0.15, -0.1) is 0 Å². The van der Waals surface area contributed by atoms with Crippen molar-refractivity contribution in [2.45, 2.75) is 31.3 Å². The second kappa shape index (κ2) is 5.78. The number of phenolic OH excluding ortho intramolecular Hbond substituents is 1. The van der Waals surface area contributed by atoms with Gasteiger partial charge in [-0.1, -0.05) is 42.8 Å². The Hall–Kier alpha value is -2.00. The van der Waals surface area contributed by atoms with Crippen LogP contribution in [0.15, 0.2) is 48.5 Å². The lowest BCUT2D eigenvalue weighted by atomic mass is 9.64. The zero-order chi connectivity index (χ0) is 14.7. The van der Waals surface area contributed by atoms with E-state index in [-0.39, 0.29) is 11.2 Å². The van der Waals surface area contributed by atoms with Crippen LogP contribution in [0.1, 0.15) is 30.4 Å². The highest BCUT2D eigenvalue weighted by molar-refractivity contribution is 5.45. The molecule has 0 aromatic heterocycles. The molecule has 0 unspecified atom stereocenters. The van der Waals surface area contributed by atoms with E-state index in [9.17, 15) is 5.11 Å². The molecule has 0 bridgehead atoms. The lowest BCUT2D eigenvalue weighted by molar-refractivity contribution is 0.248. The van der Waals surface area contributed by atoms with E-state index in [0.717, 1.165) is 18.4 Å². The van der Waals surface area contributed by atoms with Crippen LogP contribution in [-0.4, -0.2) is 11.7 Å². The molecule has 0 spiro atoms. The van der Waals surface area contributed by atoms with Crippen molar-refractivity contribution >= 4 is 0 Å². The van der Waals surface area contributed by atoms with Gasteiger partial charge in [-0.3, -0.25) is 0 Å². The maximum atomic E-state index is 9.99. The lowest BCUT2D eigenvalue weighted by Gasteiger charge is -2.41. The standard InChI is InChI=1S/C18H21NO2/c19-13-18(9-4-10-18)15-7-8-16(20)17(11-15)21-12-14-5-2-1-3-6-14/h1-3,5-8,11,20H,4,9-10,12-13,19H2. The van der Waals surface area contributed by atoms with Gasteiger partial charge in [0.2, 0.25) is 0 Å². The number of rotatable bonds is 5. The Labute approximate surface area is 125 Å². The maximum absolute atomic E-state index is 9.99. The molecule has 3 rings (SSSR count). The predicted molar refractivity (Wildman–Crippen MR) is 83.5 cm³/mol. The summed E-state index contributed by atoms with van der Waals surface area (Å²) in [5.74, 6) is 0.720. The summed E-state index contributed by atoms with van der Waals surface area (Å²) in [7, 11) is 0. The first-order chi connectivity index (χ1) is 10.2. The van der Waals surface area contributed by atoms with Crippen molar-refractivity contribution in [3.05, 3.63) is 59.7 Å². The number of hydrogen-bond acceptors (Lipinski definition) is 3. The van der Waals surface area contributed by atoms with Gasteiger partial charge >= 0.3 is 0 Å². The van der Waals surface area contributed by atoms with E-state index in [1.165, 1.54) is 12.0 Å². The number of ether oxygens (including phenoxy) is 1. The molecule has 0 heterocycles. The largest absolute Gasteiger partial charge is 0.504 e. The van der Waals surface area contributed by atoms with Crippen molar-refractivity contribution in [1.82, 2.24) is 0 Å². The maximum Gasteiger partial charge on any atom is 0.161 e. The summed E-state index contributed by atoms with van der Waals surface area (Å²) in [5.41, 5.74) is 8.29. The van der Waals surface area contributed by atoms with E-state index < -0.39 is 0 Å². The van der Waals surface area contributed by atoms with Crippen LogP contribution in [-0.2, 0) is 12.0 Å². The highest BCUT2D eigenvalue weighted by Crippen LogP contribution is 2.45. The SMILES string of the molecule is NCC1(c2ccc(O)c(OCc3ccccc3)c2)CCC1. The number of benzene rings is 2. The minimum absolute atomic E-state index is 0.0819. The summed E-state index contributed by atoms with van der Waals surface area (Å²) < 4.78 is 5.78. The third-order valence-electron chi connectivity index (χ3n) is 4.51. The first kappa shape index (κ1) is 14.0. The van der Waals surface area contributed by atoms with E-state index in [1.807, 2.05) is 42.5 Å². The van der Waals surface area contributed by atoms with Crippen LogP contribution >= 0.6 is 0 Å². The Bertz CT molecular complexity index is 600. The summed E-state index contributed by atoms with van der Waals surface area (Å²) in [6, 6.07) is 15.6. The quantitative estimate of drug-likeness (QED) is 0.884. The van der Waals surface area contributed by atoms with Gasteiger partial charge in [0.25, 0.3) is 0 Å². The fourth-order valence-electron chi connectivity index (χ4n) is 2.91. The van der Waals surface area contributed by atoms with Crippen LogP contribution in [0.5, 0.6) is 11.5 Å². The van der Waals surface area contributed by atoms with Crippen molar-refractivity contribution in [3.63, 3.8) is 0 Å². The van der Waals surface area contributed by atoms with Crippen LogP contribution in [0.25, 0.3) is 0 Å². The second-order valence-corrected chi connectivity index (χ2v) is 5.79. The zero-order valence-corrected chi connectivity index (χ0v) is 12.1. The van der Waals surface area contributed by atoms with E-state index in [4.69, 9.17) is 10.5 Å². The highest BCUT2D eigenvalue weighted by Gasteiger charge is 2.37. The minimum Gasteiger partial charge on any atom is -0.504 e. The van der Waals surface area contributed by atoms with Crippen LogP contribution in [0, 0.1) is 0 Å². The summed E-state index contributed by atoms with van der Waals surface area (Å²) >= 11 is 0. The summed E-state index contributed by atoms with van der Waals surface area (Å²) in [6.45, 7) is 1.10. The van der Waals surface area contributed by atoms with Gasteiger partial charge in [-0.05, 0) is 36.1 Å². The summed E-state index contributed by atoms with van der Waals surface area (Å²) in [4.78, 5) is 0.